The minimum absolute atomic E-state index is 0.0741. The number of alkyl halides is 2. The highest BCUT2D eigenvalue weighted by molar-refractivity contribution is 7.99. The van der Waals surface area contributed by atoms with Crippen molar-refractivity contribution in [2.75, 3.05) is 18.2 Å². The lowest BCUT2D eigenvalue weighted by Crippen LogP contribution is -2.12. The van der Waals surface area contributed by atoms with Gasteiger partial charge in [0.2, 0.25) is 5.16 Å². The van der Waals surface area contributed by atoms with E-state index in [1.807, 2.05) is 31.2 Å². The van der Waals surface area contributed by atoms with Gasteiger partial charge in [-0.3, -0.25) is 0 Å². The Labute approximate surface area is 165 Å². The van der Waals surface area contributed by atoms with Crippen molar-refractivity contribution in [3.63, 3.8) is 0 Å². The minimum Gasteiger partial charge on any atom is -0.494 e. The number of aromatic nitrogens is 3. The molecule has 0 spiro atoms. The average Bonchev–Trinajstić information content (AvgIpc) is 3.02. The molecule has 2 aromatic carbocycles. The first-order valence-electron chi connectivity index (χ1n) is 8.61. The van der Waals surface area contributed by atoms with Crippen molar-refractivity contribution in [1.29, 1.82) is 0 Å². The van der Waals surface area contributed by atoms with Gasteiger partial charge in [-0.05, 0) is 55.3 Å². The van der Waals surface area contributed by atoms with E-state index in [0.717, 1.165) is 23.5 Å². The number of aryl methyl sites for hydroxylation is 1. The van der Waals surface area contributed by atoms with Crippen molar-refractivity contribution >= 4 is 11.8 Å². The number of nitrogens with two attached hydrogens (primary N) is 1. The van der Waals surface area contributed by atoms with Crippen LogP contribution >= 0.6 is 11.8 Å². The lowest BCUT2D eigenvalue weighted by molar-refractivity contribution is -0.0498. The maximum Gasteiger partial charge on any atom is 0.387 e. The number of ether oxygens (including phenoxy) is 2. The normalized spacial score (nSPS) is 11.0. The van der Waals surface area contributed by atoms with Gasteiger partial charge in [-0.2, -0.15) is 8.78 Å². The van der Waals surface area contributed by atoms with Gasteiger partial charge in [0.05, 0.1) is 6.61 Å². The Kier molecular flexibility index (Phi) is 6.70. The van der Waals surface area contributed by atoms with Crippen LogP contribution in [0.3, 0.4) is 0 Å². The van der Waals surface area contributed by atoms with E-state index in [0.29, 0.717) is 23.2 Å². The first-order chi connectivity index (χ1) is 13.5. The lowest BCUT2D eigenvalue weighted by atomic mass is 10.2. The van der Waals surface area contributed by atoms with Crippen LogP contribution in [0.2, 0.25) is 0 Å². The fourth-order valence-corrected chi connectivity index (χ4v) is 3.24. The molecule has 148 valence electrons. The molecule has 0 aliphatic carbocycles. The first-order valence-corrected chi connectivity index (χ1v) is 9.59. The molecule has 3 rings (SSSR count). The Morgan fingerprint density at radius 3 is 2.61 bits per heavy atom. The molecule has 28 heavy (non-hydrogen) atoms. The van der Waals surface area contributed by atoms with Crippen LogP contribution in [0.25, 0.3) is 11.4 Å². The van der Waals surface area contributed by atoms with Gasteiger partial charge in [-0.15, -0.1) is 10.2 Å². The topological polar surface area (TPSA) is 75.2 Å². The van der Waals surface area contributed by atoms with Gasteiger partial charge in [0.1, 0.15) is 11.5 Å². The molecule has 2 N–H and O–H groups in total. The molecule has 0 saturated carbocycles. The van der Waals surface area contributed by atoms with Crippen molar-refractivity contribution in [3.8, 4) is 22.9 Å². The van der Waals surface area contributed by atoms with Crippen LogP contribution in [0.4, 0.5) is 8.78 Å². The number of nitrogen functional groups attached to an aromatic ring is 1. The number of rotatable bonds is 9. The number of hydrogen-bond donors (Lipinski definition) is 1. The van der Waals surface area contributed by atoms with E-state index in [1.54, 1.807) is 12.1 Å². The molecule has 0 fully saturated rings. The van der Waals surface area contributed by atoms with Crippen LogP contribution in [-0.2, 0) is 0 Å². The van der Waals surface area contributed by atoms with E-state index < -0.39 is 6.61 Å². The molecule has 3 aromatic rings. The number of thioether (sulfide) groups is 1. The van der Waals surface area contributed by atoms with E-state index in [-0.39, 0.29) is 5.75 Å². The molecule has 0 aliphatic heterocycles. The standard InChI is InChI=1S/C19H20F2N4O2S/c1-13-4-2-5-16(12-13)26-10-3-11-28-19-24-23-17(25(19)22)14-6-8-15(9-7-14)27-18(20)21/h2,4-9,12,18H,3,10-11,22H2,1H3. The Hall–Kier alpha value is -2.81. The first kappa shape index (κ1) is 19.9. The Morgan fingerprint density at radius 1 is 1.11 bits per heavy atom. The van der Waals surface area contributed by atoms with Crippen LogP contribution < -0.4 is 15.3 Å². The molecule has 6 nitrogen and oxygen atoms in total. The van der Waals surface area contributed by atoms with Crippen LogP contribution in [0, 0.1) is 6.92 Å². The second-order valence-corrected chi connectivity index (χ2v) is 7.01. The molecule has 0 aliphatic rings. The molecule has 0 amide bonds. The summed E-state index contributed by atoms with van der Waals surface area (Å²) in [5.74, 6) is 8.21. The van der Waals surface area contributed by atoms with E-state index in [1.165, 1.54) is 28.6 Å². The number of benzene rings is 2. The molecule has 0 bridgehead atoms. The Balaban J connectivity index is 1.50. The molecular formula is C19H20F2N4O2S. The van der Waals surface area contributed by atoms with Gasteiger partial charge >= 0.3 is 6.61 Å². The Bertz CT molecular complexity index is 903. The molecule has 1 heterocycles. The summed E-state index contributed by atoms with van der Waals surface area (Å²) < 4.78 is 35.9. The second-order valence-electron chi connectivity index (χ2n) is 5.95. The maximum absolute atomic E-state index is 12.2. The Morgan fingerprint density at radius 2 is 1.89 bits per heavy atom. The van der Waals surface area contributed by atoms with Crippen LogP contribution in [0.15, 0.2) is 53.7 Å². The summed E-state index contributed by atoms with van der Waals surface area (Å²) in [4.78, 5) is 0. The predicted octanol–water partition coefficient (Wildman–Crippen LogP) is 4.13. The summed E-state index contributed by atoms with van der Waals surface area (Å²) in [6.07, 6.45) is 0.820. The van der Waals surface area contributed by atoms with Crippen molar-refractivity contribution in [3.05, 3.63) is 54.1 Å². The highest BCUT2D eigenvalue weighted by Gasteiger charge is 2.13. The van der Waals surface area contributed by atoms with Crippen LogP contribution in [0.5, 0.6) is 11.5 Å². The third-order valence-corrected chi connectivity index (χ3v) is 4.81. The summed E-state index contributed by atoms with van der Waals surface area (Å²) >= 11 is 1.47. The van der Waals surface area contributed by atoms with E-state index in [2.05, 4.69) is 14.9 Å². The monoisotopic (exact) mass is 406 g/mol. The molecule has 0 radical (unpaired) electrons. The van der Waals surface area contributed by atoms with Crippen molar-refractivity contribution in [2.45, 2.75) is 25.1 Å². The zero-order valence-corrected chi connectivity index (χ0v) is 16.0. The third-order valence-electron chi connectivity index (χ3n) is 3.78. The van der Waals surface area contributed by atoms with Crippen LogP contribution in [-0.4, -0.2) is 33.8 Å². The van der Waals surface area contributed by atoms with Gasteiger partial charge in [0.15, 0.2) is 5.82 Å². The highest BCUT2D eigenvalue weighted by atomic mass is 32.2. The predicted molar refractivity (Wildman–Crippen MR) is 104 cm³/mol. The molecular weight excluding hydrogens is 386 g/mol. The largest absolute Gasteiger partial charge is 0.494 e. The smallest absolute Gasteiger partial charge is 0.387 e. The highest BCUT2D eigenvalue weighted by Crippen LogP contribution is 2.24. The minimum atomic E-state index is -2.86. The van der Waals surface area contributed by atoms with E-state index >= 15 is 0 Å². The summed E-state index contributed by atoms with van der Waals surface area (Å²) in [5.41, 5.74) is 1.82. The van der Waals surface area contributed by atoms with Gasteiger partial charge < -0.3 is 15.3 Å². The second kappa shape index (κ2) is 9.41. The quantitative estimate of drug-likeness (QED) is 0.327. The SMILES string of the molecule is Cc1cccc(OCCCSc2nnc(-c3ccc(OC(F)F)cc3)n2N)c1. The lowest BCUT2D eigenvalue weighted by Gasteiger charge is -2.07. The van der Waals surface area contributed by atoms with Crippen molar-refractivity contribution in [1.82, 2.24) is 14.9 Å². The zero-order valence-electron chi connectivity index (χ0n) is 15.2. The average molecular weight is 406 g/mol. The fourth-order valence-electron chi connectivity index (χ4n) is 2.48. The van der Waals surface area contributed by atoms with E-state index in [4.69, 9.17) is 10.6 Å². The number of hydrogen-bond acceptors (Lipinski definition) is 6. The van der Waals surface area contributed by atoms with Gasteiger partial charge in [-0.25, -0.2) is 4.68 Å². The van der Waals surface area contributed by atoms with Crippen LogP contribution in [0.1, 0.15) is 12.0 Å². The molecule has 0 unspecified atom stereocenters. The number of nitrogens with zero attached hydrogens (tertiary/aromatic N) is 3. The number of halogens is 2. The molecule has 0 saturated heterocycles. The zero-order chi connectivity index (χ0) is 19.9. The van der Waals surface area contributed by atoms with Gasteiger partial charge in [-0.1, -0.05) is 23.9 Å². The van der Waals surface area contributed by atoms with Gasteiger partial charge in [0.25, 0.3) is 0 Å². The molecule has 9 heteroatoms. The molecule has 0 atom stereocenters. The summed E-state index contributed by atoms with van der Waals surface area (Å²) in [6.45, 7) is -0.247. The van der Waals surface area contributed by atoms with E-state index in [9.17, 15) is 8.78 Å². The third kappa shape index (κ3) is 5.35. The fraction of sp³-hybridized carbons (Fsp3) is 0.263. The maximum atomic E-state index is 12.2. The summed E-state index contributed by atoms with van der Waals surface area (Å²) in [6, 6.07) is 14.0. The van der Waals surface area contributed by atoms with Crippen molar-refractivity contribution < 1.29 is 18.3 Å². The van der Waals surface area contributed by atoms with Gasteiger partial charge in [0, 0.05) is 11.3 Å². The van der Waals surface area contributed by atoms with Crippen molar-refractivity contribution in [2.24, 2.45) is 0 Å². The molecule has 1 aromatic heterocycles. The summed E-state index contributed by atoms with van der Waals surface area (Å²) in [5, 5.41) is 8.74. The summed E-state index contributed by atoms with van der Waals surface area (Å²) in [7, 11) is 0.